The minimum atomic E-state index is -0.126. The Labute approximate surface area is 171 Å². The molecule has 0 unspecified atom stereocenters. The number of nitrogens with zero attached hydrogens (tertiary/aromatic N) is 2. The van der Waals surface area contributed by atoms with Crippen molar-refractivity contribution >= 4 is 17.6 Å². The summed E-state index contributed by atoms with van der Waals surface area (Å²) in [5.41, 5.74) is 8.92. The summed E-state index contributed by atoms with van der Waals surface area (Å²) in [4.78, 5) is 31.4. The number of rotatable bonds is 3. The zero-order chi connectivity index (χ0) is 20.2. The molecule has 1 saturated carbocycles. The number of nitrogen functional groups attached to an aromatic ring is 1. The van der Waals surface area contributed by atoms with Crippen LogP contribution in [0.2, 0.25) is 0 Å². The number of benzene rings is 1. The number of carbonyl (C=O) groups excluding carboxylic acids is 2. The van der Waals surface area contributed by atoms with Gasteiger partial charge in [-0.3, -0.25) is 9.59 Å². The quantitative estimate of drug-likeness (QED) is 0.840. The Morgan fingerprint density at radius 2 is 1.66 bits per heavy atom. The lowest BCUT2D eigenvalue weighted by atomic mass is 9.85. The van der Waals surface area contributed by atoms with Gasteiger partial charge in [-0.2, -0.15) is 0 Å². The fourth-order valence-electron chi connectivity index (χ4n) is 4.49. The maximum atomic E-state index is 13.1. The standard InChI is InChI=1S/C23H28N4O2/c24-21-15-19(9-12-25-21)22(28)26-20-7-5-18(6-8-20)23(29)27-13-10-16-3-1-2-4-17(16)11-14-27/h1-4,9,12,15,18,20H,5-8,10-11,13-14H2,(H2,24,25)(H,26,28). The molecule has 1 fully saturated rings. The van der Waals surface area contributed by atoms with Gasteiger partial charge in [0.1, 0.15) is 5.82 Å². The number of nitrogens with one attached hydrogen (secondary N) is 1. The van der Waals surface area contributed by atoms with Gasteiger partial charge in [0, 0.05) is 36.8 Å². The second-order valence-electron chi connectivity index (χ2n) is 8.09. The molecule has 0 radical (unpaired) electrons. The van der Waals surface area contributed by atoms with Crippen LogP contribution in [0.1, 0.15) is 47.2 Å². The Balaban J connectivity index is 1.28. The summed E-state index contributed by atoms with van der Waals surface area (Å²) < 4.78 is 0. The van der Waals surface area contributed by atoms with Gasteiger partial charge in [0.2, 0.25) is 5.91 Å². The molecule has 1 aromatic carbocycles. The number of nitrogens with two attached hydrogens (primary N) is 1. The third-order valence-corrected chi connectivity index (χ3v) is 6.19. The maximum Gasteiger partial charge on any atom is 0.251 e. The van der Waals surface area contributed by atoms with E-state index in [0.717, 1.165) is 51.6 Å². The smallest absolute Gasteiger partial charge is 0.251 e. The first-order valence-electron chi connectivity index (χ1n) is 10.5. The monoisotopic (exact) mass is 392 g/mol. The second kappa shape index (κ2) is 8.64. The first-order valence-corrected chi connectivity index (χ1v) is 10.5. The van der Waals surface area contributed by atoms with Crippen LogP contribution in [-0.2, 0) is 17.6 Å². The molecular weight excluding hydrogens is 364 g/mol. The number of amides is 2. The third kappa shape index (κ3) is 4.58. The van der Waals surface area contributed by atoms with Gasteiger partial charge in [0.05, 0.1) is 0 Å². The topological polar surface area (TPSA) is 88.3 Å². The first kappa shape index (κ1) is 19.4. The number of anilines is 1. The van der Waals surface area contributed by atoms with Crippen LogP contribution in [0.15, 0.2) is 42.6 Å². The van der Waals surface area contributed by atoms with E-state index in [9.17, 15) is 9.59 Å². The van der Waals surface area contributed by atoms with E-state index in [2.05, 4.69) is 34.6 Å². The van der Waals surface area contributed by atoms with E-state index in [4.69, 9.17) is 5.73 Å². The summed E-state index contributed by atoms with van der Waals surface area (Å²) in [7, 11) is 0. The molecule has 0 saturated heterocycles. The van der Waals surface area contributed by atoms with Crippen molar-refractivity contribution in [2.45, 2.75) is 44.6 Å². The summed E-state index contributed by atoms with van der Waals surface area (Å²) in [6.07, 6.45) is 6.72. The highest BCUT2D eigenvalue weighted by atomic mass is 16.2. The van der Waals surface area contributed by atoms with Crippen LogP contribution in [0.25, 0.3) is 0 Å². The van der Waals surface area contributed by atoms with E-state index >= 15 is 0 Å². The highest BCUT2D eigenvalue weighted by Gasteiger charge is 2.30. The largest absolute Gasteiger partial charge is 0.384 e. The molecule has 0 bridgehead atoms. The number of carbonyl (C=O) groups is 2. The summed E-state index contributed by atoms with van der Waals surface area (Å²) in [5, 5.41) is 3.08. The zero-order valence-corrected chi connectivity index (χ0v) is 16.6. The minimum absolute atomic E-state index is 0.0703. The van der Waals surface area contributed by atoms with Crippen molar-refractivity contribution in [3.8, 4) is 0 Å². The summed E-state index contributed by atoms with van der Waals surface area (Å²) in [5.74, 6) is 0.566. The van der Waals surface area contributed by atoms with E-state index in [1.807, 2.05) is 4.90 Å². The molecule has 3 N–H and O–H groups in total. The Kier molecular flexibility index (Phi) is 5.79. The van der Waals surface area contributed by atoms with Crippen LogP contribution >= 0.6 is 0 Å². The average molecular weight is 393 g/mol. The number of pyridine rings is 1. The summed E-state index contributed by atoms with van der Waals surface area (Å²) in [6.45, 7) is 1.60. The molecule has 2 heterocycles. The summed E-state index contributed by atoms with van der Waals surface area (Å²) in [6, 6.07) is 11.9. The van der Waals surface area contributed by atoms with E-state index in [-0.39, 0.29) is 23.8 Å². The lowest BCUT2D eigenvalue weighted by Crippen LogP contribution is -2.43. The van der Waals surface area contributed by atoms with E-state index in [1.54, 1.807) is 18.3 Å². The van der Waals surface area contributed by atoms with Gasteiger partial charge in [-0.05, 0) is 61.8 Å². The molecular formula is C23H28N4O2. The molecule has 6 heteroatoms. The van der Waals surface area contributed by atoms with Crippen molar-refractivity contribution in [1.82, 2.24) is 15.2 Å². The summed E-state index contributed by atoms with van der Waals surface area (Å²) >= 11 is 0. The van der Waals surface area contributed by atoms with E-state index in [0.29, 0.717) is 11.4 Å². The number of hydrogen-bond acceptors (Lipinski definition) is 4. The fourth-order valence-corrected chi connectivity index (χ4v) is 4.49. The van der Waals surface area contributed by atoms with Crippen molar-refractivity contribution in [2.75, 3.05) is 18.8 Å². The van der Waals surface area contributed by atoms with E-state index in [1.165, 1.54) is 11.1 Å². The molecule has 4 rings (SSSR count). The lowest BCUT2D eigenvalue weighted by molar-refractivity contribution is -0.136. The van der Waals surface area contributed by atoms with Crippen LogP contribution in [0, 0.1) is 5.92 Å². The van der Waals surface area contributed by atoms with Crippen molar-refractivity contribution in [3.63, 3.8) is 0 Å². The third-order valence-electron chi connectivity index (χ3n) is 6.19. The Hall–Kier alpha value is -2.89. The molecule has 2 aromatic rings. The number of fused-ring (bicyclic) bond motifs is 1. The van der Waals surface area contributed by atoms with Crippen molar-refractivity contribution in [1.29, 1.82) is 0 Å². The van der Waals surface area contributed by atoms with E-state index < -0.39 is 0 Å². The molecule has 29 heavy (non-hydrogen) atoms. The van der Waals surface area contributed by atoms with Crippen LogP contribution < -0.4 is 11.1 Å². The second-order valence-corrected chi connectivity index (χ2v) is 8.09. The number of hydrogen-bond donors (Lipinski definition) is 2. The number of aromatic nitrogens is 1. The molecule has 6 nitrogen and oxygen atoms in total. The SMILES string of the molecule is Nc1cc(C(=O)NC2CCC(C(=O)N3CCc4ccccc4CC3)CC2)ccn1. The van der Waals surface area contributed by atoms with Gasteiger partial charge >= 0.3 is 0 Å². The van der Waals surface area contributed by atoms with Crippen LogP contribution in [0.3, 0.4) is 0 Å². The van der Waals surface area contributed by atoms with Crippen LogP contribution in [-0.4, -0.2) is 40.8 Å². The molecule has 1 aliphatic carbocycles. The Morgan fingerprint density at radius 1 is 1.00 bits per heavy atom. The Morgan fingerprint density at radius 3 is 2.28 bits per heavy atom. The molecule has 152 valence electrons. The molecule has 2 aliphatic rings. The molecule has 1 aliphatic heterocycles. The maximum absolute atomic E-state index is 13.1. The predicted molar refractivity (Wildman–Crippen MR) is 112 cm³/mol. The van der Waals surface area contributed by atoms with Gasteiger partial charge in [0.15, 0.2) is 0 Å². The van der Waals surface area contributed by atoms with Crippen molar-refractivity contribution < 1.29 is 9.59 Å². The minimum Gasteiger partial charge on any atom is -0.384 e. The predicted octanol–water partition coefficient (Wildman–Crippen LogP) is 2.58. The van der Waals surface area contributed by atoms with Gasteiger partial charge in [-0.1, -0.05) is 24.3 Å². The molecule has 0 spiro atoms. The molecule has 1 aromatic heterocycles. The molecule has 0 atom stereocenters. The highest BCUT2D eigenvalue weighted by molar-refractivity contribution is 5.94. The van der Waals surface area contributed by atoms with Gasteiger partial charge < -0.3 is 16.0 Å². The fraction of sp³-hybridized carbons (Fsp3) is 0.435. The van der Waals surface area contributed by atoms with Crippen molar-refractivity contribution in [3.05, 3.63) is 59.3 Å². The van der Waals surface area contributed by atoms with Gasteiger partial charge in [-0.15, -0.1) is 0 Å². The molecule has 2 amide bonds. The van der Waals surface area contributed by atoms with Gasteiger partial charge in [0.25, 0.3) is 5.91 Å². The van der Waals surface area contributed by atoms with Crippen molar-refractivity contribution in [2.24, 2.45) is 5.92 Å². The normalized spacial score (nSPS) is 21.7. The van der Waals surface area contributed by atoms with Gasteiger partial charge in [-0.25, -0.2) is 4.98 Å². The van der Waals surface area contributed by atoms with Crippen LogP contribution in [0.5, 0.6) is 0 Å². The zero-order valence-electron chi connectivity index (χ0n) is 16.6. The lowest BCUT2D eigenvalue weighted by Gasteiger charge is -2.32. The van der Waals surface area contributed by atoms with Crippen LogP contribution in [0.4, 0.5) is 5.82 Å². The Bertz CT molecular complexity index is 863. The average Bonchev–Trinajstić information content (AvgIpc) is 2.96. The highest BCUT2D eigenvalue weighted by Crippen LogP contribution is 2.27. The first-order chi connectivity index (χ1) is 14.1.